The highest BCUT2D eigenvalue weighted by Crippen LogP contribution is 2.37. The number of piperazine rings is 1. The number of carbonyl (C=O) groups excluding carboxylic acids is 1. The van der Waals surface area contributed by atoms with E-state index in [0.717, 1.165) is 24.5 Å². The Morgan fingerprint density at radius 1 is 1.14 bits per heavy atom. The SMILES string of the molecule is CCN1CCN(c2ccc(C)nc2)C(=O)C12CCN(S(=O)(=O)c1cccs1)CC2. The van der Waals surface area contributed by atoms with E-state index in [1.54, 1.807) is 23.7 Å². The molecule has 4 rings (SSSR count). The van der Waals surface area contributed by atoms with E-state index >= 15 is 0 Å². The summed E-state index contributed by atoms with van der Waals surface area (Å²) in [5, 5.41) is 1.77. The summed E-state index contributed by atoms with van der Waals surface area (Å²) < 4.78 is 27.7. The summed E-state index contributed by atoms with van der Waals surface area (Å²) in [6, 6.07) is 7.24. The number of sulfonamides is 1. The highest BCUT2D eigenvalue weighted by Gasteiger charge is 2.51. The van der Waals surface area contributed by atoms with Crippen LogP contribution in [-0.2, 0) is 14.8 Å². The quantitative estimate of drug-likeness (QED) is 0.739. The molecule has 0 radical (unpaired) electrons. The van der Waals surface area contributed by atoms with Gasteiger partial charge in [0.05, 0.1) is 11.9 Å². The summed E-state index contributed by atoms with van der Waals surface area (Å²) in [6.45, 7) is 6.84. The third-order valence-electron chi connectivity index (χ3n) is 6.07. The van der Waals surface area contributed by atoms with Gasteiger partial charge in [0.25, 0.3) is 10.0 Å². The fourth-order valence-corrected chi connectivity index (χ4v) is 7.00. The van der Waals surface area contributed by atoms with Crippen LogP contribution in [0.2, 0.25) is 0 Å². The minimum absolute atomic E-state index is 0.0597. The van der Waals surface area contributed by atoms with Crippen molar-refractivity contribution in [3.8, 4) is 0 Å². The minimum Gasteiger partial charge on any atom is -0.308 e. The number of likely N-dealkylation sites (N-methyl/N-ethyl adjacent to an activating group) is 1. The minimum atomic E-state index is -3.49. The predicted octanol–water partition coefficient (Wildman–Crippen LogP) is 2.34. The van der Waals surface area contributed by atoms with Gasteiger partial charge < -0.3 is 4.90 Å². The fraction of sp³-hybridized carbons (Fsp3) is 0.500. The normalized spacial score (nSPS) is 21.0. The monoisotopic (exact) mass is 434 g/mol. The van der Waals surface area contributed by atoms with Crippen LogP contribution in [-0.4, -0.2) is 66.8 Å². The van der Waals surface area contributed by atoms with Crippen LogP contribution in [0, 0.1) is 6.92 Å². The van der Waals surface area contributed by atoms with Crippen molar-refractivity contribution in [2.45, 2.75) is 36.4 Å². The van der Waals surface area contributed by atoms with Crippen molar-refractivity contribution in [2.75, 3.05) is 37.6 Å². The van der Waals surface area contributed by atoms with E-state index in [-0.39, 0.29) is 5.91 Å². The standard InChI is InChI=1S/C20H26N4O3S2/c1-3-22-12-13-24(17-7-6-16(2)21-15-17)19(25)20(22)8-10-23(11-9-20)29(26,27)18-5-4-14-28-18/h4-7,14-15H,3,8-13H2,1-2H3. The number of amides is 1. The fourth-order valence-electron chi connectivity index (χ4n) is 4.41. The van der Waals surface area contributed by atoms with E-state index in [1.807, 2.05) is 24.0 Å². The zero-order valence-corrected chi connectivity index (χ0v) is 18.4. The topological polar surface area (TPSA) is 73.8 Å². The van der Waals surface area contributed by atoms with Crippen LogP contribution in [0.15, 0.2) is 40.1 Å². The van der Waals surface area contributed by atoms with Crippen molar-refractivity contribution in [3.05, 3.63) is 41.5 Å². The lowest BCUT2D eigenvalue weighted by Gasteiger charge is -2.52. The van der Waals surface area contributed by atoms with Crippen LogP contribution in [0.4, 0.5) is 5.69 Å². The first-order valence-electron chi connectivity index (χ1n) is 9.92. The molecule has 0 N–H and O–H groups in total. The van der Waals surface area contributed by atoms with E-state index in [1.165, 1.54) is 15.6 Å². The maximum Gasteiger partial charge on any atom is 0.252 e. The Kier molecular flexibility index (Phi) is 5.50. The number of aromatic nitrogens is 1. The summed E-state index contributed by atoms with van der Waals surface area (Å²) in [5.74, 6) is 0.0597. The predicted molar refractivity (Wildman–Crippen MR) is 114 cm³/mol. The maximum atomic E-state index is 13.6. The molecule has 0 saturated carbocycles. The molecule has 7 nitrogen and oxygen atoms in total. The molecule has 0 aromatic carbocycles. The van der Waals surface area contributed by atoms with Crippen molar-refractivity contribution < 1.29 is 13.2 Å². The molecule has 9 heteroatoms. The molecular formula is C20H26N4O3S2. The number of anilines is 1. The van der Waals surface area contributed by atoms with Crippen molar-refractivity contribution in [1.29, 1.82) is 0 Å². The Morgan fingerprint density at radius 3 is 2.48 bits per heavy atom. The van der Waals surface area contributed by atoms with E-state index in [9.17, 15) is 13.2 Å². The molecule has 0 bridgehead atoms. The second-order valence-corrected chi connectivity index (χ2v) is 10.7. The van der Waals surface area contributed by atoms with Gasteiger partial charge in [0.2, 0.25) is 5.91 Å². The Morgan fingerprint density at radius 2 is 1.90 bits per heavy atom. The zero-order chi connectivity index (χ0) is 20.6. The molecule has 0 unspecified atom stereocenters. The second-order valence-electron chi connectivity index (χ2n) is 7.56. The number of carbonyl (C=O) groups is 1. The van der Waals surface area contributed by atoms with Gasteiger partial charge in [-0.2, -0.15) is 4.31 Å². The van der Waals surface area contributed by atoms with E-state index < -0.39 is 15.6 Å². The smallest absolute Gasteiger partial charge is 0.252 e. The van der Waals surface area contributed by atoms with Gasteiger partial charge in [0, 0.05) is 31.9 Å². The lowest BCUT2D eigenvalue weighted by molar-refractivity contribution is -0.136. The Bertz CT molecular complexity index is 966. The first kappa shape index (κ1) is 20.5. The second kappa shape index (κ2) is 7.79. The van der Waals surface area contributed by atoms with Crippen LogP contribution < -0.4 is 4.90 Å². The summed E-state index contributed by atoms with van der Waals surface area (Å²) >= 11 is 1.23. The largest absolute Gasteiger partial charge is 0.308 e. The third-order valence-corrected chi connectivity index (χ3v) is 9.34. The Hall–Kier alpha value is -1.81. The van der Waals surface area contributed by atoms with Crippen LogP contribution >= 0.6 is 11.3 Å². The van der Waals surface area contributed by atoms with Crippen LogP contribution in [0.5, 0.6) is 0 Å². The Balaban J connectivity index is 1.58. The van der Waals surface area contributed by atoms with Gasteiger partial charge >= 0.3 is 0 Å². The van der Waals surface area contributed by atoms with Crippen LogP contribution in [0.3, 0.4) is 0 Å². The molecule has 29 heavy (non-hydrogen) atoms. The van der Waals surface area contributed by atoms with Gasteiger partial charge in [0.15, 0.2) is 0 Å². The first-order valence-corrected chi connectivity index (χ1v) is 12.2. The summed E-state index contributed by atoms with van der Waals surface area (Å²) in [4.78, 5) is 22.0. The van der Waals surface area contributed by atoms with Crippen LogP contribution in [0.25, 0.3) is 0 Å². The lowest BCUT2D eigenvalue weighted by atomic mass is 9.83. The van der Waals surface area contributed by atoms with Gasteiger partial charge in [-0.1, -0.05) is 13.0 Å². The molecule has 0 atom stereocenters. The summed E-state index contributed by atoms with van der Waals surface area (Å²) in [7, 11) is -3.49. The molecule has 2 aliphatic heterocycles. The average Bonchev–Trinajstić information content (AvgIpc) is 3.27. The van der Waals surface area contributed by atoms with Crippen molar-refractivity contribution >= 4 is 33.0 Å². The Labute approximate surface area is 176 Å². The van der Waals surface area contributed by atoms with E-state index in [2.05, 4.69) is 16.8 Å². The van der Waals surface area contributed by atoms with Gasteiger partial charge in [-0.25, -0.2) is 8.42 Å². The molecule has 2 aromatic heterocycles. The summed E-state index contributed by atoms with van der Waals surface area (Å²) in [6.07, 6.45) is 2.75. The maximum absolute atomic E-state index is 13.6. The molecule has 2 aromatic rings. The highest BCUT2D eigenvalue weighted by molar-refractivity contribution is 7.91. The number of nitrogens with zero attached hydrogens (tertiary/aromatic N) is 4. The third kappa shape index (κ3) is 3.50. The van der Waals surface area contributed by atoms with Gasteiger partial charge in [-0.15, -0.1) is 11.3 Å². The number of hydrogen-bond donors (Lipinski definition) is 0. The average molecular weight is 435 g/mol. The number of pyridine rings is 1. The molecule has 1 spiro atoms. The molecule has 2 aliphatic rings. The van der Waals surface area contributed by atoms with Crippen molar-refractivity contribution in [1.82, 2.24) is 14.2 Å². The zero-order valence-electron chi connectivity index (χ0n) is 16.7. The number of hydrogen-bond acceptors (Lipinski definition) is 6. The molecule has 4 heterocycles. The van der Waals surface area contributed by atoms with Crippen molar-refractivity contribution in [3.63, 3.8) is 0 Å². The number of aryl methyl sites for hydroxylation is 1. The van der Waals surface area contributed by atoms with Gasteiger partial charge in [-0.3, -0.25) is 14.7 Å². The number of thiophene rings is 1. The molecular weight excluding hydrogens is 408 g/mol. The van der Waals surface area contributed by atoms with Gasteiger partial charge in [0.1, 0.15) is 9.75 Å². The molecule has 2 fully saturated rings. The number of piperidine rings is 1. The summed E-state index contributed by atoms with van der Waals surface area (Å²) in [5.41, 5.74) is 1.07. The highest BCUT2D eigenvalue weighted by atomic mass is 32.2. The molecule has 1 amide bonds. The lowest BCUT2D eigenvalue weighted by Crippen LogP contribution is -2.69. The van der Waals surface area contributed by atoms with Crippen molar-refractivity contribution in [2.24, 2.45) is 0 Å². The van der Waals surface area contributed by atoms with E-state index in [4.69, 9.17) is 0 Å². The number of rotatable bonds is 4. The van der Waals surface area contributed by atoms with E-state index in [0.29, 0.717) is 36.7 Å². The molecule has 0 aliphatic carbocycles. The molecule has 2 saturated heterocycles. The van der Waals surface area contributed by atoms with Crippen LogP contribution in [0.1, 0.15) is 25.5 Å². The molecule has 156 valence electrons. The first-order chi connectivity index (χ1) is 13.9. The van der Waals surface area contributed by atoms with Gasteiger partial charge in [-0.05, 0) is 49.9 Å².